The molecule has 0 saturated carbocycles. The number of hydrogen-bond acceptors (Lipinski definition) is 3. The van der Waals surface area contributed by atoms with Crippen LogP contribution in [0.5, 0.6) is 0 Å². The summed E-state index contributed by atoms with van der Waals surface area (Å²) < 4.78 is 0. The molecular formula is C32H43N3. The molecular weight excluding hydrogens is 426 g/mol. The van der Waals surface area contributed by atoms with Gasteiger partial charge in [-0.25, -0.2) is 0 Å². The Balaban J connectivity index is 1.53. The third kappa shape index (κ3) is 7.71. The number of hydrogen-bond donors (Lipinski definition) is 2. The summed E-state index contributed by atoms with van der Waals surface area (Å²) in [4.78, 5) is 4.67. The van der Waals surface area contributed by atoms with Crippen LogP contribution in [0.1, 0.15) is 70.2 Å². The summed E-state index contributed by atoms with van der Waals surface area (Å²) in [6, 6.07) is 15.4. The Bertz CT molecular complexity index is 1310. The van der Waals surface area contributed by atoms with Crippen molar-refractivity contribution in [2.75, 3.05) is 18.4 Å². The van der Waals surface area contributed by atoms with Crippen LogP contribution in [0.4, 0.5) is 5.69 Å². The predicted molar refractivity (Wildman–Crippen MR) is 154 cm³/mol. The van der Waals surface area contributed by atoms with Gasteiger partial charge in [-0.2, -0.15) is 0 Å². The molecule has 0 radical (unpaired) electrons. The van der Waals surface area contributed by atoms with E-state index in [2.05, 4.69) is 113 Å². The Labute approximate surface area is 212 Å². The Morgan fingerprint density at radius 3 is 2.17 bits per heavy atom. The molecule has 0 spiro atoms. The fraction of sp³-hybridized carbons (Fsp3) is 0.406. The van der Waals surface area contributed by atoms with Gasteiger partial charge in [-0.3, -0.25) is 4.98 Å². The van der Waals surface area contributed by atoms with Crippen LogP contribution in [0.25, 0.3) is 22.2 Å². The number of allylic oxidation sites excluding steroid dienone is 1. The smallest absolute Gasteiger partial charge is 0.0726 e. The maximum absolute atomic E-state index is 4.67. The third-order valence-corrected chi connectivity index (χ3v) is 6.26. The van der Waals surface area contributed by atoms with Crippen molar-refractivity contribution in [3.63, 3.8) is 0 Å². The first kappa shape index (κ1) is 26.5. The van der Waals surface area contributed by atoms with Gasteiger partial charge in [0, 0.05) is 40.8 Å². The van der Waals surface area contributed by atoms with Crippen LogP contribution >= 0.6 is 0 Å². The van der Waals surface area contributed by atoms with E-state index in [1.807, 2.05) is 0 Å². The topological polar surface area (TPSA) is 37.0 Å². The number of anilines is 1. The molecule has 1 heterocycles. The van der Waals surface area contributed by atoms with Crippen molar-refractivity contribution in [3.8, 4) is 0 Å². The summed E-state index contributed by atoms with van der Waals surface area (Å²) in [6.45, 7) is 17.1. The molecule has 0 aliphatic heterocycles. The molecule has 0 saturated heterocycles. The minimum atomic E-state index is 0.993. The average molecular weight is 470 g/mol. The summed E-state index contributed by atoms with van der Waals surface area (Å²) >= 11 is 0. The number of pyridine rings is 1. The van der Waals surface area contributed by atoms with E-state index in [1.165, 1.54) is 75.2 Å². The first-order valence-corrected chi connectivity index (χ1v) is 13.0. The monoisotopic (exact) mass is 469 g/mol. The Morgan fingerprint density at radius 1 is 0.771 bits per heavy atom. The fourth-order valence-electron chi connectivity index (χ4n) is 4.50. The SMILES string of the molecule is CC(C)=C/C(NCCCCCCNc1cc(C)nc2ccc(C)cc12)=c1/cc(C)ccc1=C(C)C. The molecule has 3 aromatic rings. The first-order valence-electron chi connectivity index (χ1n) is 13.0. The normalized spacial score (nSPS) is 11.9. The third-order valence-electron chi connectivity index (χ3n) is 6.26. The first-order chi connectivity index (χ1) is 16.7. The van der Waals surface area contributed by atoms with Crippen LogP contribution in [0.15, 0.2) is 54.1 Å². The van der Waals surface area contributed by atoms with Crippen molar-refractivity contribution in [2.24, 2.45) is 0 Å². The second-order valence-corrected chi connectivity index (χ2v) is 10.3. The lowest BCUT2D eigenvalue weighted by atomic mass is 10.1. The van der Waals surface area contributed by atoms with E-state index in [-0.39, 0.29) is 0 Å². The molecule has 186 valence electrons. The number of aryl methyl sites for hydroxylation is 3. The van der Waals surface area contributed by atoms with Gasteiger partial charge in [-0.05, 0) is 96.9 Å². The second kappa shape index (κ2) is 12.6. The molecule has 2 N–H and O–H groups in total. The summed E-state index contributed by atoms with van der Waals surface area (Å²) in [7, 11) is 0. The van der Waals surface area contributed by atoms with E-state index in [1.54, 1.807) is 0 Å². The highest BCUT2D eigenvalue weighted by atomic mass is 14.9. The van der Waals surface area contributed by atoms with Crippen LogP contribution in [0.3, 0.4) is 0 Å². The Hall–Kier alpha value is -3.07. The molecule has 2 aromatic carbocycles. The molecule has 3 rings (SSSR count). The predicted octanol–water partition coefficient (Wildman–Crippen LogP) is 6.69. The largest absolute Gasteiger partial charge is 0.385 e. The average Bonchev–Trinajstić information content (AvgIpc) is 2.79. The molecule has 3 nitrogen and oxygen atoms in total. The van der Waals surface area contributed by atoms with Crippen LogP contribution in [-0.2, 0) is 0 Å². The standard InChI is InChI=1S/C32H43N3/c1-22(2)18-31(28-19-24(5)12-14-27(28)23(3)4)33-16-10-8-9-11-17-34-32-21-26(7)35-30-15-13-25(6)20-29(30)32/h12-15,18-21,33H,8-11,16-17H2,1-7H3,(H,34,35)/b31-28+. The van der Waals surface area contributed by atoms with Gasteiger partial charge in [-0.15, -0.1) is 0 Å². The van der Waals surface area contributed by atoms with E-state index in [4.69, 9.17) is 0 Å². The van der Waals surface area contributed by atoms with Gasteiger partial charge >= 0.3 is 0 Å². The van der Waals surface area contributed by atoms with Crippen molar-refractivity contribution in [2.45, 2.75) is 74.1 Å². The summed E-state index contributed by atoms with van der Waals surface area (Å²) in [5.41, 5.74) is 9.80. The quantitative estimate of drug-likeness (QED) is 0.325. The van der Waals surface area contributed by atoms with Crippen molar-refractivity contribution in [3.05, 3.63) is 81.4 Å². The lowest BCUT2D eigenvalue weighted by Crippen LogP contribution is -2.33. The number of nitrogens with zero attached hydrogens (tertiary/aromatic N) is 1. The zero-order valence-electron chi connectivity index (χ0n) is 22.8. The van der Waals surface area contributed by atoms with Gasteiger partial charge in [-0.1, -0.05) is 53.3 Å². The van der Waals surface area contributed by atoms with Gasteiger partial charge in [0.15, 0.2) is 0 Å². The van der Waals surface area contributed by atoms with Gasteiger partial charge in [0.1, 0.15) is 0 Å². The molecule has 35 heavy (non-hydrogen) atoms. The Kier molecular flexibility index (Phi) is 9.54. The van der Waals surface area contributed by atoms with E-state index < -0.39 is 0 Å². The number of rotatable bonds is 10. The van der Waals surface area contributed by atoms with Crippen LogP contribution in [0, 0.1) is 20.8 Å². The fourth-order valence-corrected chi connectivity index (χ4v) is 4.50. The summed E-state index contributed by atoms with van der Waals surface area (Å²) in [5.74, 6) is 0. The molecule has 0 aliphatic carbocycles. The van der Waals surface area contributed by atoms with Crippen molar-refractivity contribution in [1.82, 2.24) is 10.3 Å². The zero-order chi connectivity index (χ0) is 25.4. The van der Waals surface area contributed by atoms with E-state index >= 15 is 0 Å². The van der Waals surface area contributed by atoms with Crippen LogP contribution in [0.2, 0.25) is 0 Å². The van der Waals surface area contributed by atoms with Crippen LogP contribution < -0.4 is 21.1 Å². The number of aromatic nitrogens is 1. The van der Waals surface area contributed by atoms with E-state index in [9.17, 15) is 0 Å². The number of unbranched alkanes of at least 4 members (excludes halogenated alkanes) is 3. The van der Waals surface area contributed by atoms with E-state index in [0.717, 1.165) is 24.3 Å². The Morgan fingerprint density at radius 2 is 1.46 bits per heavy atom. The lowest BCUT2D eigenvalue weighted by molar-refractivity contribution is 0.640. The number of benzene rings is 2. The van der Waals surface area contributed by atoms with Gasteiger partial charge < -0.3 is 10.6 Å². The van der Waals surface area contributed by atoms with Crippen molar-refractivity contribution < 1.29 is 0 Å². The maximum Gasteiger partial charge on any atom is 0.0726 e. The minimum absolute atomic E-state index is 0.993. The highest BCUT2D eigenvalue weighted by molar-refractivity contribution is 5.92. The molecule has 0 amide bonds. The lowest BCUT2D eigenvalue weighted by Gasteiger charge is -2.12. The second-order valence-electron chi connectivity index (χ2n) is 10.3. The molecule has 1 aromatic heterocycles. The molecule has 0 unspecified atom stereocenters. The highest BCUT2D eigenvalue weighted by Crippen LogP contribution is 2.24. The molecule has 0 bridgehead atoms. The van der Waals surface area contributed by atoms with Gasteiger partial charge in [0.05, 0.1) is 5.52 Å². The van der Waals surface area contributed by atoms with Gasteiger partial charge in [0.2, 0.25) is 0 Å². The minimum Gasteiger partial charge on any atom is -0.385 e. The number of fused-ring (bicyclic) bond motifs is 1. The molecule has 0 atom stereocenters. The molecule has 3 heteroatoms. The zero-order valence-corrected chi connectivity index (χ0v) is 22.8. The van der Waals surface area contributed by atoms with Crippen molar-refractivity contribution >= 4 is 27.9 Å². The maximum atomic E-state index is 4.67. The highest BCUT2D eigenvalue weighted by Gasteiger charge is 2.04. The number of nitrogens with one attached hydrogen (secondary N) is 2. The van der Waals surface area contributed by atoms with Crippen LogP contribution in [-0.4, -0.2) is 18.1 Å². The molecule has 0 fully saturated rings. The van der Waals surface area contributed by atoms with Crippen molar-refractivity contribution in [1.29, 1.82) is 0 Å². The van der Waals surface area contributed by atoms with Gasteiger partial charge in [0.25, 0.3) is 0 Å². The summed E-state index contributed by atoms with van der Waals surface area (Å²) in [5, 5.41) is 11.3. The summed E-state index contributed by atoms with van der Waals surface area (Å²) in [6.07, 6.45) is 7.09. The van der Waals surface area contributed by atoms with E-state index in [0.29, 0.717) is 0 Å². The molecule has 0 aliphatic rings.